The highest BCUT2D eigenvalue weighted by molar-refractivity contribution is 6.07. The van der Waals surface area contributed by atoms with Crippen LogP contribution in [-0.4, -0.2) is 34.9 Å². The quantitative estimate of drug-likeness (QED) is 0.125. The van der Waals surface area contributed by atoms with E-state index in [1.807, 2.05) is 140 Å². The highest BCUT2D eigenvalue weighted by Gasteiger charge is 2.35. The number of hydrogen-bond acceptors (Lipinski definition) is 9. The standard InChI is InChI=1S/C71H47N9/c1-8-26-48(27-9-1)56-46-57(49-28-10-2-11-29-49)74-70(73-56)55-44-45-63(66(65(55)51-32-14-4-15-33-51)71-77-68(53-36-18-6-19-37-53)76-69(78-71)54-38-20-7-21-39-54)79-59-40-22-24-42-61(59)80(62-43-25-23-41-60(62)79)64-47-58(50-30-12-3-13-31-50)72-67(75-64)52-34-16-5-17-35-52/h1-47H. The Bertz CT molecular complexity index is 4120. The lowest BCUT2D eigenvalue weighted by Gasteiger charge is -2.40. The Kier molecular flexibility index (Phi) is 12.3. The molecule has 0 saturated carbocycles. The number of hydrogen-bond donors (Lipinski definition) is 0. The van der Waals surface area contributed by atoms with Gasteiger partial charge in [0.1, 0.15) is 5.82 Å². The van der Waals surface area contributed by atoms with Crippen LogP contribution in [0.2, 0.25) is 0 Å². The third-order valence-electron chi connectivity index (χ3n) is 14.3. The lowest BCUT2D eigenvalue weighted by Crippen LogP contribution is -2.25. The molecular weight excluding hydrogens is 979 g/mol. The molecule has 0 atom stereocenters. The Morgan fingerprint density at radius 3 is 0.950 bits per heavy atom. The van der Waals surface area contributed by atoms with E-state index in [1.165, 1.54) is 0 Å². The summed E-state index contributed by atoms with van der Waals surface area (Å²) >= 11 is 0. The average Bonchev–Trinajstić information content (AvgIpc) is 3.74. The minimum Gasteiger partial charge on any atom is -0.306 e. The van der Waals surface area contributed by atoms with Crippen LogP contribution in [0.15, 0.2) is 285 Å². The van der Waals surface area contributed by atoms with Crippen molar-refractivity contribution < 1.29 is 0 Å². The molecule has 0 aliphatic carbocycles. The third-order valence-corrected chi connectivity index (χ3v) is 14.3. The molecule has 1 aliphatic heterocycles. The van der Waals surface area contributed by atoms with Crippen LogP contribution in [0.4, 0.5) is 34.3 Å². The number of anilines is 6. The van der Waals surface area contributed by atoms with Crippen LogP contribution in [0.1, 0.15) is 0 Å². The van der Waals surface area contributed by atoms with Crippen LogP contribution in [0.3, 0.4) is 0 Å². The normalized spacial score (nSPS) is 11.7. The summed E-state index contributed by atoms with van der Waals surface area (Å²) in [5.74, 6) is 3.45. The molecule has 13 aromatic rings. The zero-order valence-corrected chi connectivity index (χ0v) is 43.2. The molecule has 1 aliphatic rings. The maximum atomic E-state index is 5.54. The molecule has 376 valence electrons. The molecule has 0 spiro atoms. The molecule has 0 bridgehead atoms. The zero-order valence-electron chi connectivity index (χ0n) is 43.2. The van der Waals surface area contributed by atoms with Crippen molar-refractivity contribution in [3.63, 3.8) is 0 Å². The molecule has 0 radical (unpaired) electrons. The summed E-state index contributed by atoms with van der Waals surface area (Å²) in [5.41, 5.74) is 15.8. The number of aromatic nitrogens is 7. The van der Waals surface area contributed by atoms with Gasteiger partial charge in [0.25, 0.3) is 0 Å². The number of fused-ring (bicyclic) bond motifs is 2. The first-order valence-electron chi connectivity index (χ1n) is 26.6. The fraction of sp³-hybridized carbons (Fsp3) is 0. The number of nitrogens with zero attached hydrogens (tertiary/aromatic N) is 9. The van der Waals surface area contributed by atoms with E-state index in [2.05, 4.69) is 155 Å². The van der Waals surface area contributed by atoms with Crippen LogP contribution in [-0.2, 0) is 0 Å². The second-order valence-electron chi connectivity index (χ2n) is 19.3. The van der Waals surface area contributed by atoms with Gasteiger partial charge in [0.2, 0.25) is 0 Å². The van der Waals surface area contributed by atoms with Gasteiger partial charge in [-0.2, -0.15) is 0 Å². The van der Waals surface area contributed by atoms with Gasteiger partial charge in [0.05, 0.1) is 51.1 Å². The summed E-state index contributed by atoms with van der Waals surface area (Å²) in [6.07, 6.45) is 0. The van der Waals surface area contributed by atoms with Crippen molar-refractivity contribution in [1.82, 2.24) is 34.9 Å². The Morgan fingerprint density at radius 1 is 0.200 bits per heavy atom. The Balaban J connectivity index is 1.07. The highest BCUT2D eigenvalue weighted by Crippen LogP contribution is 2.57. The maximum absolute atomic E-state index is 5.54. The third kappa shape index (κ3) is 9.00. The summed E-state index contributed by atoms with van der Waals surface area (Å²) in [4.78, 5) is 42.4. The molecule has 0 amide bonds. The maximum Gasteiger partial charge on any atom is 0.166 e. The SMILES string of the molecule is c1ccc(-c2cc(N3c4ccccc4N(c4ccc(-c5nc(-c6ccccc6)cc(-c6ccccc6)n5)c(-c5ccccc5)c4-c4nc(-c5ccccc5)nc(-c5ccccc5)n4)c4ccccc43)nc(-c3ccccc3)n2)cc1. The second-order valence-corrected chi connectivity index (χ2v) is 19.3. The van der Waals surface area contributed by atoms with Crippen molar-refractivity contribution in [2.24, 2.45) is 0 Å². The zero-order chi connectivity index (χ0) is 53.2. The minimum absolute atomic E-state index is 0.476. The van der Waals surface area contributed by atoms with Crippen molar-refractivity contribution in [1.29, 1.82) is 0 Å². The highest BCUT2D eigenvalue weighted by atomic mass is 15.3. The van der Waals surface area contributed by atoms with Gasteiger partial charge in [-0.05, 0) is 48.0 Å². The Labute approximate surface area is 463 Å². The molecule has 0 N–H and O–H groups in total. The second kappa shape index (κ2) is 20.8. The van der Waals surface area contributed by atoms with E-state index in [0.29, 0.717) is 29.1 Å². The van der Waals surface area contributed by atoms with Crippen molar-refractivity contribution in [3.8, 4) is 102 Å². The summed E-state index contributed by atoms with van der Waals surface area (Å²) < 4.78 is 0. The van der Waals surface area contributed by atoms with Crippen LogP contribution in [0, 0.1) is 0 Å². The molecule has 9 nitrogen and oxygen atoms in total. The predicted molar refractivity (Wildman–Crippen MR) is 323 cm³/mol. The smallest absolute Gasteiger partial charge is 0.166 e. The van der Waals surface area contributed by atoms with Crippen molar-refractivity contribution in [2.75, 3.05) is 9.80 Å². The minimum atomic E-state index is 0.476. The summed E-state index contributed by atoms with van der Waals surface area (Å²) in [6, 6.07) is 97.3. The van der Waals surface area contributed by atoms with Gasteiger partial charge in [-0.1, -0.05) is 237 Å². The van der Waals surface area contributed by atoms with E-state index >= 15 is 0 Å². The number of benzene rings is 10. The lowest BCUT2D eigenvalue weighted by atomic mass is 9.90. The van der Waals surface area contributed by atoms with Gasteiger partial charge in [-0.15, -0.1) is 0 Å². The number of para-hydroxylation sites is 4. The molecule has 4 heterocycles. The molecule has 10 aromatic carbocycles. The van der Waals surface area contributed by atoms with Crippen LogP contribution < -0.4 is 9.80 Å². The van der Waals surface area contributed by atoms with E-state index in [9.17, 15) is 0 Å². The first-order valence-corrected chi connectivity index (χ1v) is 26.6. The summed E-state index contributed by atoms with van der Waals surface area (Å²) in [5, 5.41) is 0. The molecule has 9 heteroatoms. The predicted octanol–water partition coefficient (Wildman–Crippen LogP) is 17.7. The van der Waals surface area contributed by atoms with E-state index in [4.69, 9.17) is 34.9 Å². The van der Waals surface area contributed by atoms with Gasteiger partial charge in [-0.3, -0.25) is 4.90 Å². The van der Waals surface area contributed by atoms with Crippen molar-refractivity contribution >= 4 is 34.3 Å². The van der Waals surface area contributed by atoms with Crippen LogP contribution in [0.25, 0.3) is 102 Å². The Morgan fingerprint density at radius 2 is 0.525 bits per heavy atom. The monoisotopic (exact) mass is 1030 g/mol. The average molecular weight is 1030 g/mol. The van der Waals surface area contributed by atoms with Crippen LogP contribution >= 0.6 is 0 Å². The van der Waals surface area contributed by atoms with Gasteiger partial charge in [-0.25, -0.2) is 34.9 Å². The van der Waals surface area contributed by atoms with E-state index in [-0.39, 0.29) is 0 Å². The summed E-state index contributed by atoms with van der Waals surface area (Å²) in [7, 11) is 0. The molecular formula is C71H47N9. The molecule has 80 heavy (non-hydrogen) atoms. The fourth-order valence-corrected chi connectivity index (χ4v) is 10.6. The molecule has 14 rings (SSSR count). The first kappa shape index (κ1) is 47.4. The largest absolute Gasteiger partial charge is 0.306 e. The van der Waals surface area contributed by atoms with Gasteiger partial charge < -0.3 is 4.90 Å². The van der Waals surface area contributed by atoms with E-state index < -0.39 is 0 Å². The van der Waals surface area contributed by atoms with Crippen molar-refractivity contribution in [2.45, 2.75) is 0 Å². The van der Waals surface area contributed by atoms with Crippen LogP contribution in [0.5, 0.6) is 0 Å². The van der Waals surface area contributed by atoms with E-state index in [0.717, 1.165) is 107 Å². The molecule has 0 saturated heterocycles. The topological polar surface area (TPSA) is 96.7 Å². The van der Waals surface area contributed by atoms with Gasteiger partial charge in [0.15, 0.2) is 29.1 Å². The molecule has 3 aromatic heterocycles. The Hall–Kier alpha value is -11.0. The number of rotatable bonds is 11. The van der Waals surface area contributed by atoms with Crippen molar-refractivity contribution in [3.05, 3.63) is 285 Å². The lowest BCUT2D eigenvalue weighted by molar-refractivity contribution is 1.07. The van der Waals surface area contributed by atoms with Gasteiger partial charge in [0, 0.05) is 50.6 Å². The van der Waals surface area contributed by atoms with Gasteiger partial charge >= 0.3 is 0 Å². The fourth-order valence-electron chi connectivity index (χ4n) is 10.6. The molecule has 0 unspecified atom stereocenters. The summed E-state index contributed by atoms with van der Waals surface area (Å²) in [6.45, 7) is 0. The van der Waals surface area contributed by atoms with E-state index in [1.54, 1.807) is 0 Å². The first-order chi connectivity index (χ1) is 39.7. The molecule has 0 fully saturated rings.